The third-order valence-corrected chi connectivity index (χ3v) is 6.68. The SMILES string of the molecule is CCC(C(=O)Nc1cnc(C#N)cn1)[C@@H]1[C@@H]2C[C@@H](Oc3ccnc4ccc(F)cc34)C[C@@H]21. The lowest BCUT2D eigenvalue weighted by atomic mass is 9.93. The number of halogens is 1. The Morgan fingerprint density at radius 3 is 2.75 bits per heavy atom. The molecule has 1 amide bonds. The number of pyridine rings is 1. The molecular formula is C24H22FN5O2. The van der Waals surface area contributed by atoms with E-state index in [4.69, 9.17) is 10.00 Å². The number of aromatic nitrogens is 3. The normalized spacial score (nSPS) is 24.4. The van der Waals surface area contributed by atoms with Crippen LogP contribution in [0.1, 0.15) is 31.9 Å². The highest BCUT2D eigenvalue weighted by Gasteiger charge is 2.60. The summed E-state index contributed by atoms with van der Waals surface area (Å²) in [5.74, 6) is 1.78. The molecule has 7 nitrogen and oxygen atoms in total. The van der Waals surface area contributed by atoms with Gasteiger partial charge in [-0.3, -0.25) is 9.78 Å². The standard InChI is InChI=1S/C24H22FN5O2/c1-2-16(24(31)30-22-12-28-14(10-26)11-29-22)23-17-8-15(9-18(17)23)32-21-5-6-27-20-4-3-13(25)7-19(20)21/h3-7,11-12,15-18,23H,2,8-9H2,1H3,(H,29,30,31)/t15-,16?,17-,18+,23-. The Morgan fingerprint density at radius 1 is 1.25 bits per heavy atom. The number of nitrogens with one attached hydrogen (secondary N) is 1. The molecule has 0 saturated heterocycles. The van der Waals surface area contributed by atoms with Crippen molar-refractivity contribution in [1.29, 1.82) is 5.26 Å². The van der Waals surface area contributed by atoms with Gasteiger partial charge in [-0.25, -0.2) is 14.4 Å². The molecule has 5 rings (SSSR count). The van der Waals surface area contributed by atoms with Crippen LogP contribution >= 0.6 is 0 Å². The minimum absolute atomic E-state index is 0.0556. The highest BCUT2D eigenvalue weighted by atomic mass is 19.1. The molecule has 5 atom stereocenters. The number of benzene rings is 1. The number of ether oxygens (including phenoxy) is 1. The summed E-state index contributed by atoms with van der Waals surface area (Å²) in [4.78, 5) is 25.1. The second-order valence-corrected chi connectivity index (χ2v) is 8.49. The van der Waals surface area contributed by atoms with Crippen molar-refractivity contribution in [3.63, 3.8) is 0 Å². The van der Waals surface area contributed by atoms with Gasteiger partial charge in [0.1, 0.15) is 17.6 Å². The average Bonchev–Trinajstić information content (AvgIpc) is 3.27. The quantitative estimate of drug-likeness (QED) is 0.631. The summed E-state index contributed by atoms with van der Waals surface area (Å²) in [7, 11) is 0. The predicted octanol–water partition coefficient (Wildman–Crippen LogP) is 4.10. The molecule has 2 aromatic heterocycles. The molecule has 0 aliphatic heterocycles. The van der Waals surface area contributed by atoms with Crippen molar-refractivity contribution < 1.29 is 13.9 Å². The van der Waals surface area contributed by atoms with Gasteiger partial charge in [-0.1, -0.05) is 6.92 Å². The summed E-state index contributed by atoms with van der Waals surface area (Å²) >= 11 is 0. The summed E-state index contributed by atoms with van der Waals surface area (Å²) in [6.45, 7) is 2.02. The number of hydrogen-bond acceptors (Lipinski definition) is 6. The monoisotopic (exact) mass is 431 g/mol. The van der Waals surface area contributed by atoms with Crippen LogP contribution in [0.5, 0.6) is 5.75 Å². The Morgan fingerprint density at radius 2 is 2.06 bits per heavy atom. The topological polar surface area (TPSA) is 101 Å². The fourth-order valence-corrected chi connectivity index (χ4v) is 5.21. The van der Waals surface area contributed by atoms with Gasteiger partial charge in [0.15, 0.2) is 11.5 Å². The molecule has 2 fully saturated rings. The Bertz CT molecular complexity index is 1200. The molecule has 8 heteroatoms. The molecular weight excluding hydrogens is 409 g/mol. The summed E-state index contributed by atoms with van der Waals surface area (Å²) in [5, 5.41) is 12.3. The van der Waals surface area contributed by atoms with E-state index in [9.17, 15) is 9.18 Å². The first-order valence-corrected chi connectivity index (χ1v) is 10.8. The average molecular weight is 431 g/mol. The van der Waals surface area contributed by atoms with Crippen molar-refractivity contribution in [3.8, 4) is 11.8 Å². The van der Waals surface area contributed by atoms with Crippen LogP contribution in [-0.2, 0) is 4.79 Å². The highest BCUT2D eigenvalue weighted by Crippen LogP contribution is 2.62. The van der Waals surface area contributed by atoms with Crippen molar-refractivity contribution in [3.05, 3.63) is 54.4 Å². The maximum atomic E-state index is 13.7. The van der Waals surface area contributed by atoms with Gasteiger partial charge in [0.2, 0.25) is 5.91 Å². The van der Waals surface area contributed by atoms with Crippen LogP contribution in [0.2, 0.25) is 0 Å². The molecule has 2 saturated carbocycles. The van der Waals surface area contributed by atoms with Gasteiger partial charge in [-0.2, -0.15) is 5.26 Å². The Hall–Kier alpha value is -3.60. The number of rotatable bonds is 6. The van der Waals surface area contributed by atoms with E-state index in [1.165, 1.54) is 24.5 Å². The fourth-order valence-electron chi connectivity index (χ4n) is 5.21. The largest absolute Gasteiger partial charge is 0.490 e. The van der Waals surface area contributed by atoms with Gasteiger partial charge in [0.25, 0.3) is 0 Å². The molecule has 1 aromatic carbocycles. The smallest absolute Gasteiger partial charge is 0.228 e. The van der Waals surface area contributed by atoms with Gasteiger partial charge in [-0.15, -0.1) is 0 Å². The Kier molecular flexibility index (Phi) is 5.17. The van der Waals surface area contributed by atoms with Gasteiger partial charge < -0.3 is 10.1 Å². The molecule has 0 bridgehead atoms. The number of fused-ring (bicyclic) bond motifs is 2. The molecule has 2 aliphatic rings. The number of carbonyl (C=O) groups is 1. The maximum absolute atomic E-state index is 13.7. The number of hydrogen-bond donors (Lipinski definition) is 1. The van der Waals surface area contributed by atoms with Gasteiger partial charge in [0, 0.05) is 17.5 Å². The number of carbonyl (C=O) groups excluding carboxylic acids is 1. The second-order valence-electron chi connectivity index (χ2n) is 8.49. The third-order valence-electron chi connectivity index (χ3n) is 6.68. The van der Waals surface area contributed by atoms with E-state index in [0.717, 1.165) is 19.3 Å². The van der Waals surface area contributed by atoms with Gasteiger partial charge in [-0.05, 0) is 61.3 Å². The molecule has 162 valence electrons. The molecule has 0 radical (unpaired) electrons. The number of nitrogens with zero attached hydrogens (tertiary/aromatic N) is 4. The van der Waals surface area contributed by atoms with Crippen LogP contribution in [-0.4, -0.2) is 27.0 Å². The molecule has 3 aromatic rings. The summed E-state index contributed by atoms with van der Waals surface area (Å²) in [6, 6.07) is 8.20. The Balaban J connectivity index is 1.21. The van der Waals surface area contributed by atoms with Crippen molar-refractivity contribution >= 4 is 22.6 Å². The van der Waals surface area contributed by atoms with Crippen LogP contribution in [0, 0.1) is 40.8 Å². The number of amides is 1. The molecule has 1 N–H and O–H groups in total. The molecule has 32 heavy (non-hydrogen) atoms. The van der Waals surface area contributed by atoms with E-state index in [2.05, 4.69) is 20.3 Å². The summed E-state index contributed by atoms with van der Waals surface area (Å²) in [5.41, 5.74) is 0.918. The fraction of sp³-hybridized carbons (Fsp3) is 0.375. The van der Waals surface area contributed by atoms with E-state index < -0.39 is 0 Å². The second kappa shape index (κ2) is 8.15. The Labute approximate surface area is 184 Å². The molecule has 2 heterocycles. The zero-order valence-electron chi connectivity index (χ0n) is 17.5. The van der Waals surface area contributed by atoms with Gasteiger partial charge in [0.05, 0.1) is 24.0 Å². The van der Waals surface area contributed by atoms with E-state index >= 15 is 0 Å². The zero-order valence-corrected chi connectivity index (χ0v) is 17.5. The van der Waals surface area contributed by atoms with Crippen LogP contribution in [0.15, 0.2) is 42.9 Å². The predicted molar refractivity (Wildman–Crippen MR) is 115 cm³/mol. The first kappa shape index (κ1) is 20.3. The first-order chi connectivity index (χ1) is 15.6. The minimum Gasteiger partial charge on any atom is -0.490 e. The lowest BCUT2D eigenvalue weighted by Crippen LogP contribution is -2.27. The minimum atomic E-state index is -0.312. The van der Waals surface area contributed by atoms with Crippen LogP contribution in [0.25, 0.3) is 10.9 Å². The first-order valence-electron chi connectivity index (χ1n) is 10.8. The molecule has 2 aliphatic carbocycles. The van der Waals surface area contributed by atoms with Crippen LogP contribution < -0.4 is 10.1 Å². The van der Waals surface area contributed by atoms with E-state index in [1.807, 2.05) is 13.0 Å². The zero-order chi connectivity index (χ0) is 22.2. The molecule has 0 spiro atoms. The molecule has 1 unspecified atom stereocenters. The van der Waals surface area contributed by atoms with E-state index in [0.29, 0.717) is 40.2 Å². The van der Waals surface area contributed by atoms with Gasteiger partial charge >= 0.3 is 0 Å². The van der Waals surface area contributed by atoms with Crippen LogP contribution in [0.4, 0.5) is 10.2 Å². The van der Waals surface area contributed by atoms with Crippen LogP contribution in [0.3, 0.4) is 0 Å². The lowest BCUT2D eigenvalue weighted by Gasteiger charge is -2.21. The third kappa shape index (κ3) is 3.75. The number of nitriles is 1. The van der Waals surface area contributed by atoms with E-state index in [1.54, 1.807) is 18.3 Å². The highest BCUT2D eigenvalue weighted by molar-refractivity contribution is 5.92. The van der Waals surface area contributed by atoms with Crippen molar-refractivity contribution in [2.45, 2.75) is 32.3 Å². The van der Waals surface area contributed by atoms with Crippen molar-refractivity contribution in [2.75, 3.05) is 5.32 Å². The number of anilines is 1. The van der Waals surface area contributed by atoms with Crippen molar-refractivity contribution in [2.24, 2.45) is 23.7 Å². The van der Waals surface area contributed by atoms with Crippen molar-refractivity contribution in [1.82, 2.24) is 15.0 Å². The van der Waals surface area contributed by atoms with E-state index in [-0.39, 0.29) is 29.4 Å². The lowest BCUT2D eigenvalue weighted by molar-refractivity contribution is -0.121. The summed E-state index contributed by atoms with van der Waals surface area (Å²) in [6.07, 6.45) is 7.00. The maximum Gasteiger partial charge on any atom is 0.228 e. The summed E-state index contributed by atoms with van der Waals surface area (Å²) < 4.78 is 19.9.